The molecule has 0 saturated carbocycles. The van der Waals surface area contributed by atoms with Gasteiger partial charge < -0.3 is 9.73 Å². The third kappa shape index (κ3) is 2.48. The Balaban J connectivity index is 2.24. The summed E-state index contributed by atoms with van der Waals surface area (Å²) in [6, 6.07) is -0.233. The van der Waals surface area contributed by atoms with Crippen molar-refractivity contribution in [2.24, 2.45) is 0 Å². The average Bonchev–Trinajstić information content (AvgIpc) is 2.76. The molecule has 2 heterocycles. The van der Waals surface area contributed by atoms with E-state index in [9.17, 15) is 4.79 Å². The fraction of sp³-hybridized carbons (Fsp3) is 0.273. The Morgan fingerprint density at radius 1 is 1.44 bits per heavy atom. The number of anilines is 1. The highest BCUT2D eigenvalue weighted by Gasteiger charge is 2.15. The summed E-state index contributed by atoms with van der Waals surface area (Å²) in [5, 5.41) is 3.12. The quantitative estimate of drug-likeness (QED) is 0.676. The highest BCUT2D eigenvalue weighted by Crippen LogP contribution is 2.22. The summed E-state index contributed by atoms with van der Waals surface area (Å²) in [5.41, 5.74) is 0.217. The number of hydrogen-bond acceptors (Lipinski definition) is 6. The molecule has 0 aliphatic rings. The number of carbonyl (C=O) groups excluding carboxylic acids is 1. The summed E-state index contributed by atoms with van der Waals surface area (Å²) in [5.74, 6) is 1.59. The van der Waals surface area contributed by atoms with Crippen LogP contribution in [-0.2, 0) is 0 Å². The summed E-state index contributed by atoms with van der Waals surface area (Å²) >= 11 is 5.80. The monoisotopic (exact) mass is 266 g/mol. The number of aldehydes is 1. The molecular weight excluding hydrogens is 256 g/mol. The van der Waals surface area contributed by atoms with Crippen molar-refractivity contribution in [3.63, 3.8) is 0 Å². The third-order valence-electron chi connectivity index (χ3n) is 2.32. The molecule has 18 heavy (non-hydrogen) atoms. The van der Waals surface area contributed by atoms with Crippen LogP contribution in [0.5, 0.6) is 0 Å². The van der Waals surface area contributed by atoms with E-state index >= 15 is 0 Å². The number of aromatic nitrogens is 3. The molecule has 6 nitrogen and oxygen atoms in total. The zero-order valence-corrected chi connectivity index (χ0v) is 10.6. The van der Waals surface area contributed by atoms with Gasteiger partial charge in [-0.15, -0.1) is 0 Å². The van der Waals surface area contributed by atoms with Gasteiger partial charge in [-0.25, -0.2) is 15.0 Å². The Labute approximate surface area is 108 Å². The van der Waals surface area contributed by atoms with Gasteiger partial charge in [0.05, 0.1) is 11.8 Å². The summed E-state index contributed by atoms with van der Waals surface area (Å²) in [6.07, 6.45) is 3.52. The highest BCUT2D eigenvalue weighted by molar-refractivity contribution is 6.32. The van der Waals surface area contributed by atoms with Crippen molar-refractivity contribution in [2.75, 3.05) is 5.32 Å². The molecule has 2 aromatic heterocycles. The fourth-order valence-electron chi connectivity index (χ4n) is 1.43. The Morgan fingerprint density at radius 3 is 2.83 bits per heavy atom. The van der Waals surface area contributed by atoms with Crippen LogP contribution in [0.1, 0.15) is 35.0 Å². The summed E-state index contributed by atoms with van der Waals surface area (Å²) in [4.78, 5) is 22.7. The molecule has 0 aliphatic carbocycles. The molecule has 0 amide bonds. The van der Waals surface area contributed by atoms with Crippen LogP contribution in [0, 0.1) is 6.92 Å². The van der Waals surface area contributed by atoms with Gasteiger partial charge in [0, 0.05) is 0 Å². The second kappa shape index (κ2) is 5.14. The Morgan fingerprint density at radius 2 is 2.22 bits per heavy atom. The maximum absolute atomic E-state index is 10.9. The number of carbonyl (C=O) groups is 1. The first-order valence-corrected chi connectivity index (χ1v) is 5.64. The van der Waals surface area contributed by atoms with Crippen LogP contribution < -0.4 is 5.32 Å². The van der Waals surface area contributed by atoms with Crippen molar-refractivity contribution >= 4 is 23.7 Å². The molecule has 1 N–H and O–H groups in total. The molecule has 2 aromatic rings. The summed E-state index contributed by atoms with van der Waals surface area (Å²) in [7, 11) is 0. The van der Waals surface area contributed by atoms with E-state index in [0.29, 0.717) is 18.0 Å². The molecule has 2 rings (SSSR count). The zero-order valence-electron chi connectivity index (χ0n) is 9.85. The van der Waals surface area contributed by atoms with E-state index in [1.807, 2.05) is 13.8 Å². The van der Waals surface area contributed by atoms with Crippen LogP contribution in [0.3, 0.4) is 0 Å². The van der Waals surface area contributed by atoms with Crippen molar-refractivity contribution in [3.05, 3.63) is 34.9 Å². The first-order chi connectivity index (χ1) is 8.61. The molecule has 1 atom stereocenters. The molecule has 0 aliphatic heterocycles. The predicted octanol–water partition coefficient (Wildman–Crippen LogP) is 2.41. The maximum atomic E-state index is 10.9. The lowest BCUT2D eigenvalue weighted by Gasteiger charge is -2.12. The first kappa shape index (κ1) is 12.5. The Hall–Kier alpha value is -1.95. The van der Waals surface area contributed by atoms with Gasteiger partial charge in [-0.3, -0.25) is 4.79 Å². The summed E-state index contributed by atoms with van der Waals surface area (Å²) < 4.78 is 5.38. The van der Waals surface area contributed by atoms with Crippen LogP contribution in [0.4, 0.5) is 5.82 Å². The lowest BCUT2D eigenvalue weighted by Crippen LogP contribution is -2.10. The molecule has 1 unspecified atom stereocenters. The zero-order chi connectivity index (χ0) is 13.1. The van der Waals surface area contributed by atoms with E-state index in [2.05, 4.69) is 20.3 Å². The molecular formula is C11H11ClN4O2. The number of hydrogen-bond donors (Lipinski definition) is 1. The minimum absolute atomic E-state index is 0.110. The standard InChI is InChI=1S/C11H11ClN4O2/c1-6-3-13-11(18-6)7(2)16-10-8(4-17)9(12)14-5-15-10/h3-5,7H,1-2H3,(H,14,15,16). The van der Waals surface area contributed by atoms with Crippen LogP contribution >= 0.6 is 11.6 Å². The van der Waals surface area contributed by atoms with Gasteiger partial charge in [0.25, 0.3) is 0 Å². The van der Waals surface area contributed by atoms with E-state index in [-0.39, 0.29) is 16.8 Å². The second-order valence-corrected chi connectivity index (χ2v) is 4.08. The normalized spacial score (nSPS) is 12.2. The largest absolute Gasteiger partial charge is 0.444 e. The minimum atomic E-state index is -0.233. The van der Waals surface area contributed by atoms with E-state index in [1.165, 1.54) is 6.33 Å². The Bertz CT molecular complexity index is 570. The molecule has 94 valence electrons. The van der Waals surface area contributed by atoms with Crippen LogP contribution in [0.15, 0.2) is 16.9 Å². The van der Waals surface area contributed by atoms with Crippen molar-refractivity contribution in [1.29, 1.82) is 0 Å². The third-order valence-corrected chi connectivity index (χ3v) is 2.62. The van der Waals surface area contributed by atoms with Gasteiger partial charge in [0.15, 0.2) is 6.29 Å². The lowest BCUT2D eigenvalue weighted by molar-refractivity contribution is 0.112. The molecule has 7 heteroatoms. The molecule has 0 spiro atoms. The maximum Gasteiger partial charge on any atom is 0.216 e. The average molecular weight is 267 g/mol. The number of nitrogens with one attached hydrogen (secondary N) is 1. The number of oxazole rings is 1. The predicted molar refractivity (Wildman–Crippen MR) is 65.7 cm³/mol. The van der Waals surface area contributed by atoms with E-state index in [0.717, 1.165) is 5.76 Å². The molecule has 0 aromatic carbocycles. The fourth-order valence-corrected chi connectivity index (χ4v) is 1.61. The van der Waals surface area contributed by atoms with Crippen LogP contribution in [0.25, 0.3) is 0 Å². The molecule has 0 bridgehead atoms. The van der Waals surface area contributed by atoms with E-state index in [4.69, 9.17) is 16.0 Å². The van der Waals surface area contributed by atoms with E-state index < -0.39 is 0 Å². The minimum Gasteiger partial charge on any atom is -0.444 e. The highest BCUT2D eigenvalue weighted by atomic mass is 35.5. The van der Waals surface area contributed by atoms with Gasteiger partial charge >= 0.3 is 0 Å². The smallest absolute Gasteiger partial charge is 0.216 e. The SMILES string of the molecule is Cc1cnc(C(C)Nc2ncnc(Cl)c2C=O)o1. The number of halogens is 1. The van der Waals surface area contributed by atoms with Gasteiger partial charge in [0.1, 0.15) is 29.1 Å². The van der Waals surface area contributed by atoms with E-state index in [1.54, 1.807) is 6.20 Å². The lowest BCUT2D eigenvalue weighted by atomic mass is 10.3. The van der Waals surface area contributed by atoms with Crippen molar-refractivity contribution in [3.8, 4) is 0 Å². The number of rotatable bonds is 4. The Kier molecular flexibility index (Phi) is 3.57. The second-order valence-electron chi connectivity index (χ2n) is 3.72. The van der Waals surface area contributed by atoms with Crippen LogP contribution in [0.2, 0.25) is 5.15 Å². The topological polar surface area (TPSA) is 80.9 Å². The van der Waals surface area contributed by atoms with Gasteiger partial charge in [0.2, 0.25) is 5.89 Å². The van der Waals surface area contributed by atoms with Gasteiger partial charge in [-0.2, -0.15) is 0 Å². The molecule has 0 fully saturated rings. The van der Waals surface area contributed by atoms with Gasteiger partial charge in [-0.1, -0.05) is 11.6 Å². The van der Waals surface area contributed by atoms with Gasteiger partial charge in [-0.05, 0) is 13.8 Å². The summed E-state index contributed by atoms with van der Waals surface area (Å²) in [6.45, 7) is 3.65. The molecule has 0 saturated heterocycles. The van der Waals surface area contributed by atoms with Crippen molar-refractivity contribution in [1.82, 2.24) is 15.0 Å². The molecule has 0 radical (unpaired) electrons. The van der Waals surface area contributed by atoms with Crippen molar-refractivity contribution < 1.29 is 9.21 Å². The number of nitrogens with zero attached hydrogens (tertiary/aromatic N) is 3. The van der Waals surface area contributed by atoms with Crippen molar-refractivity contribution in [2.45, 2.75) is 19.9 Å². The first-order valence-electron chi connectivity index (χ1n) is 5.26. The van der Waals surface area contributed by atoms with Crippen LogP contribution in [-0.4, -0.2) is 21.2 Å². The number of aryl methyl sites for hydroxylation is 1.